The molecule has 1 aliphatic heterocycles. The summed E-state index contributed by atoms with van der Waals surface area (Å²) in [6.45, 7) is 1.41. The van der Waals surface area contributed by atoms with Gasteiger partial charge in [0, 0.05) is 17.9 Å². The first-order valence-electron chi connectivity index (χ1n) is 4.22. The number of alkyl halides is 3. The van der Waals surface area contributed by atoms with Gasteiger partial charge in [-0.05, 0) is 6.92 Å². The van der Waals surface area contributed by atoms with E-state index < -0.39 is 17.4 Å². The van der Waals surface area contributed by atoms with Crippen molar-refractivity contribution in [2.45, 2.75) is 24.8 Å². The van der Waals surface area contributed by atoms with Gasteiger partial charge in [0.25, 0.3) is 5.56 Å². The average molecular weight is 236 g/mol. The molecule has 1 aliphatic rings. The molecule has 2 rings (SSSR count). The lowest BCUT2D eigenvalue weighted by Gasteiger charge is -2.15. The van der Waals surface area contributed by atoms with Crippen LogP contribution in [0.3, 0.4) is 0 Å². The molecule has 7 heteroatoms. The minimum absolute atomic E-state index is 0.165. The molecule has 0 fully saturated rings. The minimum atomic E-state index is -4.49. The first-order chi connectivity index (χ1) is 6.91. The number of aromatic nitrogens is 2. The van der Waals surface area contributed by atoms with Crippen molar-refractivity contribution in [2.75, 3.05) is 5.75 Å². The Balaban J connectivity index is 2.77. The SMILES string of the molecule is Cc1c(C(F)(F)F)n2c(nc1=O)SCC2. The van der Waals surface area contributed by atoms with Crippen LogP contribution in [0.4, 0.5) is 13.2 Å². The Morgan fingerprint density at radius 3 is 2.73 bits per heavy atom. The fourth-order valence-corrected chi connectivity index (χ4v) is 2.48. The van der Waals surface area contributed by atoms with E-state index in [-0.39, 0.29) is 17.3 Å². The van der Waals surface area contributed by atoms with E-state index in [0.717, 1.165) is 11.5 Å². The van der Waals surface area contributed by atoms with Gasteiger partial charge in [-0.3, -0.25) is 4.79 Å². The van der Waals surface area contributed by atoms with Crippen molar-refractivity contribution in [2.24, 2.45) is 0 Å². The molecule has 0 atom stereocenters. The van der Waals surface area contributed by atoms with Gasteiger partial charge in [0.05, 0.1) is 0 Å². The minimum Gasteiger partial charge on any atom is -0.315 e. The Morgan fingerprint density at radius 1 is 1.47 bits per heavy atom. The highest BCUT2D eigenvalue weighted by Gasteiger charge is 2.38. The zero-order valence-electron chi connectivity index (χ0n) is 7.76. The third-order valence-electron chi connectivity index (χ3n) is 2.19. The lowest BCUT2D eigenvalue weighted by atomic mass is 10.2. The second-order valence-electron chi connectivity index (χ2n) is 3.17. The average Bonchev–Trinajstić information content (AvgIpc) is 2.50. The number of fused-ring (bicyclic) bond motifs is 1. The highest BCUT2D eigenvalue weighted by atomic mass is 32.2. The smallest absolute Gasteiger partial charge is 0.315 e. The maximum atomic E-state index is 12.7. The maximum Gasteiger partial charge on any atom is 0.431 e. The quantitative estimate of drug-likeness (QED) is 0.643. The zero-order chi connectivity index (χ0) is 11.2. The van der Waals surface area contributed by atoms with E-state index in [1.165, 1.54) is 11.8 Å². The van der Waals surface area contributed by atoms with Crippen molar-refractivity contribution < 1.29 is 13.2 Å². The van der Waals surface area contributed by atoms with Crippen LogP contribution in [0.1, 0.15) is 11.3 Å². The van der Waals surface area contributed by atoms with E-state index in [1.54, 1.807) is 0 Å². The summed E-state index contributed by atoms with van der Waals surface area (Å²) in [5.41, 5.74) is -1.97. The molecule has 0 spiro atoms. The van der Waals surface area contributed by atoms with Crippen LogP contribution in [0.2, 0.25) is 0 Å². The van der Waals surface area contributed by atoms with Gasteiger partial charge in [0.2, 0.25) is 0 Å². The van der Waals surface area contributed by atoms with E-state index in [4.69, 9.17) is 0 Å². The van der Waals surface area contributed by atoms with E-state index in [2.05, 4.69) is 4.98 Å². The lowest BCUT2D eigenvalue weighted by molar-refractivity contribution is -0.145. The zero-order valence-corrected chi connectivity index (χ0v) is 8.58. The summed E-state index contributed by atoms with van der Waals surface area (Å²) in [7, 11) is 0. The second kappa shape index (κ2) is 3.26. The first-order valence-corrected chi connectivity index (χ1v) is 5.21. The molecule has 1 aromatic rings. The van der Waals surface area contributed by atoms with Crippen LogP contribution in [0.15, 0.2) is 9.95 Å². The monoisotopic (exact) mass is 236 g/mol. The van der Waals surface area contributed by atoms with Crippen molar-refractivity contribution in [3.63, 3.8) is 0 Å². The molecule has 3 nitrogen and oxygen atoms in total. The van der Waals surface area contributed by atoms with Crippen LogP contribution in [0.25, 0.3) is 0 Å². The van der Waals surface area contributed by atoms with Crippen LogP contribution >= 0.6 is 11.8 Å². The normalized spacial score (nSPS) is 15.5. The molecular weight excluding hydrogens is 229 g/mol. The van der Waals surface area contributed by atoms with Crippen LogP contribution in [-0.2, 0) is 12.7 Å². The number of hydrogen-bond donors (Lipinski definition) is 0. The van der Waals surface area contributed by atoms with E-state index in [0.29, 0.717) is 5.75 Å². The van der Waals surface area contributed by atoms with Crippen molar-refractivity contribution in [1.82, 2.24) is 9.55 Å². The van der Waals surface area contributed by atoms with Gasteiger partial charge in [-0.1, -0.05) is 11.8 Å². The summed E-state index contributed by atoms with van der Waals surface area (Å²) in [5.74, 6) is 0.527. The number of hydrogen-bond acceptors (Lipinski definition) is 3. The molecule has 0 N–H and O–H groups in total. The summed E-state index contributed by atoms with van der Waals surface area (Å²) in [4.78, 5) is 14.8. The molecular formula is C8H7F3N2OS. The van der Waals surface area contributed by atoms with Gasteiger partial charge < -0.3 is 4.57 Å². The first kappa shape index (κ1) is 10.5. The summed E-state index contributed by atoms with van der Waals surface area (Å²) >= 11 is 1.17. The van der Waals surface area contributed by atoms with E-state index in [1.807, 2.05) is 0 Å². The predicted octanol–water partition coefficient (Wildman–Crippen LogP) is 1.68. The third-order valence-corrected chi connectivity index (χ3v) is 3.15. The molecule has 0 saturated heterocycles. The highest BCUT2D eigenvalue weighted by molar-refractivity contribution is 7.99. The molecule has 0 aromatic carbocycles. The van der Waals surface area contributed by atoms with Crippen molar-refractivity contribution in [3.8, 4) is 0 Å². The van der Waals surface area contributed by atoms with Crippen LogP contribution in [0.5, 0.6) is 0 Å². The van der Waals surface area contributed by atoms with Gasteiger partial charge in [0.1, 0.15) is 5.69 Å². The number of thioether (sulfide) groups is 1. The number of halogens is 3. The van der Waals surface area contributed by atoms with Crippen LogP contribution in [-0.4, -0.2) is 15.3 Å². The van der Waals surface area contributed by atoms with Gasteiger partial charge in [-0.25, -0.2) is 0 Å². The summed E-state index contributed by atoms with van der Waals surface area (Å²) in [5, 5.41) is 0.165. The molecule has 82 valence electrons. The van der Waals surface area contributed by atoms with E-state index >= 15 is 0 Å². The third kappa shape index (κ3) is 1.64. The molecule has 0 aliphatic carbocycles. The van der Waals surface area contributed by atoms with Gasteiger partial charge in [-0.15, -0.1) is 0 Å². The highest BCUT2D eigenvalue weighted by Crippen LogP contribution is 2.35. The molecule has 1 aromatic heterocycles. The Hall–Kier alpha value is -0.980. The molecule has 2 heterocycles. The molecule has 0 radical (unpaired) electrons. The Kier molecular flexibility index (Phi) is 2.29. The van der Waals surface area contributed by atoms with Crippen molar-refractivity contribution >= 4 is 11.8 Å². The van der Waals surface area contributed by atoms with Crippen LogP contribution in [0, 0.1) is 6.92 Å². The van der Waals surface area contributed by atoms with Crippen LogP contribution < -0.4 is 5.56 Å². The Labute approximate surface area is 87.3 Å². The van der Waals surface area contributed by atoms with Gasteiger partial charge in [0.15, 0.2) is 5.16 Å². The standard InChI is InChI=1S/C8H7F3N2OS/c1-4-5(8(9,10)11)13-2-3-15-7(13)12-6(4)14/h2-3H2,1H3. The molecule has 0 bridgehead atoms. The molecule has 0 saturated carbocycles. The Bertz CT molecular complexity index is 466. The Morgan fingerprint density at radius 2 is 2.13 bits per heavy atom. The fraction of sp³-hybridized carbons (Fsp3) is 0.500. The summed E-state index contributed by atoms with van der Waals surface area (Å²) in [6.07, 6.45) is -4.49. The molecule has 0 amide bonds. The van der Waals surface area contributed by atoms with Crippen molar-refractivity contribution in [1.29, 1.82) is 0 Å². The fourth-order valence-electron chi connectivity index (χ4n) is 1.54. The molecule has 15 heavy (non-hydrogen) atoms. The topological polar surface area (TPSA) is 34.9 Å². The number of nitrogens with zero attached hydrogens (tertiary/aromatic N) is 2. The maximum absolute atomic E-state index is 12.7. The predicted molar refractivity (Wildman–Crippen MR) is 49.0 cm³/mol. The summed E-state index contributed by atoms with van der Waals surface area (Å²) in [6, 6.07) is 0. The second-order valence-corrected chi connectivity index (χ2v) is 4.23. The largest absolute Gasteiger partial charge is 0.431 e. The van der Waals surface area contributed by atoms with Crippen molar-refractivity contribution in [3.05, 3.63) is 21.6 Å². The summed E-state index contributed by atoms with van der Waals surface area (Å²) < 4.78 is 39.1. The molecule has 0 unspecified atom stereocenters. The van der Waals surface area contributed by atoms with E-state index in [9.17, 15) is 18.0 Å². The van der Waals surface area contributed by atoms with Gasteiger partial charge in [-0.2, -0.15) is 18.2 Å². The van der Waals surface area contributed by atoms with Gasteiger partial charge >= 0.3 is 6.18 Å². The lowest BCUT2D eigenvalue weighted by Crippen LogP contribution is -2.26. The number of rotatable bonds is 0.